The zero-order valence-corrected chi connectivity index (χ0v) is 33.0. The highest BCUT2D eigenvalue weighted by Crippen LogP contribution is 2.39. The van der Waals surface area contributed by atoms with Gasteiger partial charge in [0.15, 0.2) is 18.1 Å². The van der Waals surface area contributed by atoms with Crippen LogP contribution in [-0.2, 0) is 15.6 Å². The van der Waals surface area contributed by atoms with Crippen molar-refractivity contribution in [2.75, 3.05) is 24.4 Å². The predicted octanol–water partition coefficient (Wildman–Crippen LogP) is 11.7. The van der Waals surface area contributed by atoms with E-state index >= 15 is 0 Å². The van der Waals surface area contributed by atoms with Gasteiger partial charge in [0.05, 0.1) is 17.2 Å². The number of amides is 1. The number of benzene rings is 4. The van der Waals surface area contributed by atoms with Crippen molar-refractivity contribution in [3.63, 3.8) is 0 Å². The number of aromatic amines is 1. The number of H-pyrrole nitrogens is 1. The first-order valence-electron chi connectivity index (χ1n) is 17.2. The van der Waals surface area contributed by atoms with Gasteiger partial charge < -0.3 is 20.1 Å². The number of carbonyl (C=O) groups excluding carboxylic acids is 1. The fourth-order valence-electron chi connectivity index (χ4n) is 5.49. The molecule has 1 aromatic heterocycles. The lowest BCUT2D eigenvalue weighted by Gasteiger charge is -2.30. The average molecular weight is 778 g/mol. The van der Waals surface area contributed by atoms with Crippen molar-refractivity contribution in [2.24, 2.45) is 10.2 Å². The van der Waals surface area contributed by atoms with Gasteiger partial charge in [0.25, 0.3) is 5.91 Å². The Labute approximate surface area is 324 Å². The molecule has 3 N–H and O–H groups in total. The number of hydrogen-bond acceptors (Lipinski definition) is 7. The molecule has 0 radical (unpaired) electrons. The Morgan fingerprint density at radius 1 is 0.830 bits per heavy atom. The topological polar surface area (TPSA) is 122 Å². The summed E-state index contributed by atoms with van der Waals surface area (Å²) >= 11 is 19.1. The van der Waals surface area contributed by atoms with Gasteiger partial charge >= 0.3 is 5.56 Å². The summed E-state index contributed by atoms with van der Waals surface area (Å²) in [6, 6.07) is 23.2. The summed E-state index contributed by atoms with van der Waals surface area (Å²) in [6.07, 6.45) is 1.90. The predicted molar refractivity (Wildman–Crippen MR) is 216 cm³/mol. The van der Waals surface area contributed by atoms with E-state index in [9.17, 15) is 9.59 Å². The molecule has 278 valence electrons. The Bertz CT molecular complexity index is 2190. The summed E-state index contributed by atoms with van der Waals surface area (Å²) < 4.78 is 12.7. The van der Waals surface area contributed by atoms with E-state index in [0.717, 1.165) is 23.1 Å². The lowest BCUT2D eigenvalue weighted by molar-refractivity contribution is -0.118. The number of para-hydroxylation sites is 1. The highest BCUT2D eigenvalue weighted by molar-refractivity contribution is 6.40. The summed E-state index contributed by atoms with van der Waals surface area (Å²) in [7, 11) is 1.52. The highest BCUT2D eigenvalue weighted by atomic mass is 35.5. The van der Waals surface area contributed by atoms with Gasteiger partial charge in [0.1, 0.15) is 22.9 Å². The van der Waals surface area contributed by atoms with Crippen LogP contribution in [0.2, 0.25) is 15.1 Å². The van der Waals surface area contributed by atoms with Crippen LogP contribution in [-0.4, -0.2) is 29.4 Å². The number of methoxy groups -OCH3 is 1. The number of halogens is 3. The van der Waals surface area contributed by atoms with Gasteiger partial charge in [-0.2, -0.15) is 0 Å². The van der Waals surface area contributed by atoms with Crippen LogP contribution in [0.25, 0.3) is 5.69 Å². The minimum absolute atomic E-state index is 0.0121. The summed E-state index contributed by atoms with van der Waals surface area (Å²) in [5.41, 5.74) is 3.13. The van der Waals surface area contributed by atoms with Gasteiger partial charge in [-0.05, 0) is 77.8 Å². The molecule has 4 aromatic carbocycles. The third kappa shape index (κ3) is 9.07. The molecule has 0 aliphatic rings. The number of ether oxygens (including phenoxy) is 2. The number of aromatic nitrogens is 2. The smallest absolute Gasteiger partial charge is 0.301 e. The maximum atomic E-state index is 13.8. The van der Waals surface area contributed by atoms with Crippen LogP contribution < -0.4 is 25.7 Å². The summed E-state index contributed by atoms with van der Waals surface area (Å²) in [5, 5.41) is 18.3. The fraction of sp³-hybridized carbons (Fsp3) is 0.300. The molecule has 0 fully saturated rings. The standard InChI is InChI=1S/C40H43Cl3N6O4/c1-8-39(3,4)24-17-18-32(28(19-24)40(5,6)9-2)53-23-34(50)44-26-13-12-14-27(22-26)45-37-35(47-46-31-15-10-11-16-33(31)52-7)38(51)49(48-37)36-29(42)20-25(41)21-30(36)43/h10-22,45,48H,8-9,23H2,1-7H3,(H,44,50). The van der Waals surface area contributed by atoms with Gasteiger partial charge in [-0.15, -0.1) is 10.2 Å². The average Bonchev–Trinajstić information content (AvgIpc) is 3.42. The first kappa shape index (κ1) is 39.4. The third-order valence-electron chi connectivity index (χ3n) is 9.45. The molecule has 1 heterocycles. The molecule has 0 atom stereocenters. The van der Waals surface area contributed by atoms with Gasteiger partial charge in [-0.25, -0.2) is 4.68 Å². The van der Waals surface area contributed by atoms with Crippen molar-refractivity contribution < 1.29 is 14.3 Å². The molecule has 0 saturated carbocycles. The van der Waals surface area contributed by atoms with Crippen LogP contribution in [0.1, 0.15) is 65.5 Å². The monoisotopic (exact) mass is 776 g/mol. The number of azo groups is 1. The van der Waals surface area contributed by atoms with E-state index in [1.54, 1.807) is 48.5 Å². The van der Waals surface area contributed by atoms with Crippen LogP contribution in [0.5, 0.6) is 11.5 Å². The second-order valence-corrected chi connectivity index (χ2v) is 15.0. The maximum Gasteiger partial charge on any atom is 0.301 e. The Morgan fingerprint density at radius 2 is 1.51 bits per heavy atom. The van der Waals surface area contributed by atoms with Crippen molar-refractivity contribution in [3.05, 3.63) is 115 Å². The van der Waals surface area contributed by atoms with Crippen LogP contribution in [0.15, 0.2) is 93.9 Å². The minimum atomic E-state index is -0.587. The molecule has 0 unspecified atom stereocenters. The zero-order valence-electron chi connectivity index (χ0n) is 30.7. The van der Waals surface area contributed by atoms with Gasteiger partial charge in [-0.3, -0.25) is 14.7 Å². The molecule has 0 bridgehead atoms. The molecule has 10 nitrogen and oxygen atoms in total. The van der Waals surface area contributed by atoms with Crippen LogP contribution in [0, 0.1) is 0 Å². The molecule has 53 heavy (non-hydrogen) atoms. The van der Waals surface area contributed by atoms with E-state index in [2.05, 4.69) is 79.6 Å². The van der Waals surface area contributed by atoms with Crippen molar-refractivity contribution in [1.29, 1.82) is 0 Å². The number of hydrogen-bond donors (Lipinski definition) is 3. The number of nitrogens with one attached hydrogen (secondary N) is 3. The van der Waals surface area contributed by atoms with Crippen molar-refractivity contribution in [1.82, 2.24) is 9.78 Å². The highest BCUT2D eigenvalue weighted by Gasteiger charge is 2.27. The second kappa shape index (κ2) is 16.5. The fourth-order valence-corrected chi connectivity index (χ4v) is 6.48. The molecule has 5 rings (SSSR count). The van der Waals surface area contributed by atoms with E-state index in [4.69, 9.17) is 44.3 Å². The normalized spacial score (nSPS) is 11.9. The zero-order chi connectivity index (χ0) is 38.5. The Hall–Kier alpha value is -4.77. The molecular formula is C40H43Cl3N6O4. The number of carbonyl (C=O) groups is 1. The molecule has 0 saturated heterocycles. The Balaban J connectivity index is 1.41. The molecule has 1 amide bonds. The second-order valence-electron chi connectivity index (χ2n) is 13.8. The van der Waals surface area contributed by atoms with Crippen LogP contribution in [0.3, 0.4) is 0 Å². The largest absolute Gasteiger partial charge is 0.494 e. The molecule has 0 aliphatic carbocycles. The molecule has 0 aliphatic heterocycles. The van der Waals surface area contributed by atoms with Crippen LogP contribution >= 0.6 is 34.8 Å². The summed E-state index contributed by atoms with van der Waals surface area (Å²) in [6.45, 7) is 13.0. The van der Waals surface area contributed by atoms with Crippen LogP contribution in [0.4, 0.5) is 28.6 Å². The first-order chi connectivity index (χ1) is 25.2. The number of rotatable bonds is 14. The summed E-state index contributed by atoms with van der Waals surface area (Å²) in [5.74, 6) is 1.00. The summed E-state index contributed by atoms with van der Waals surface area (Å²) in [4.78, 5) is 27.0. The van der Waals surface area contributed by atoms with E-state index in [-0.39, 0.29) is 50.6 Å². The lowest BCUT2D eigenvalue weighted by Crippen LogP contribution is -2.24. The van der Waals surface area contributed by atoms with Crippen molar-refractivity contribution >= 4 is 69.3 Å². The molecular weight excluding hydrogens is 735 g/mol. The number of nitrogens with zero attached hydrogens (tertiary/aromatic N) is 3. The number of anilines is 3. The maximum absolute atomic E-state index is 13.8. The Morgan fingerprint density at radius 3 is 2.19 bits per heavy atom. The van der Waals surface area contributed by atoms with Gasteiger partial charge in [0, 0.05) is 22.0 Å². The molecule has 5 aromatic rings. The molecule has 13 heteroatoms. The minimum Gasteiger partial charge on any atom is -0.494 e. The van der Waals surface area contributed by atoms with E-state index in [1.165, 1.54) is 24.8 Å². The van der Waals surface area contributed by atoms with E-state index in [0.29, 0.717) is 33.6 Å². The van der Waals surface area contributed by atoms with E-state index in [1.807, 2.05) is 6.07 Å². The van der Waals surface area contributed by atoms with Crippen molar-refractivity contribution in [3.8, 4) is 17.2 Å². The van der Waals surface area contributed by atoms with Gasteiger partial charge in [0.2, 0.25) is 0 Å². The SMILES string of the molecule is CCC(C)(C)c1ccc(OCC(=O)Nc2cccc(Nc3[nH]n(-c4c(Cl)cc(Cl)cc4Cl)c(=O)c3N=Nc3ccccc3OC)c2)c(C(C)(C)CC)c1. The first-order valence-corrected chi connectivity index (χ1v) is 18.3. The van der Waals surface area contributed by atoms with Gasteiger partial charge in [-0.1, -0.05) is 107 Å². The molecule has 0 spiro atoms. The van der Waals surface area contributed by atoms with E-state index < -0.39 is 5.56 Å². The quantitative estimate of drug-likeness (QED) is 0.0969. The third-order valence-corrected chi connectivity index (χ3v) is 10.2. The lowest BCUT2D eigenvalue weighted by atomic mass is 9.76. The Kier molecular flexibility index (Phi) is 12.3. The van der Waals surface area contributed by atoms with Crippen molar-refractivity contribution in [2.45, 2.75) is 65.2 Å².